The van der Waals surface area contributed by atoms with E-state index in [0.717, 1.165) is 36.1 Å². The molecule has 4 rings (SSSR count). The fourth-order valence-corrected chi connectivity index (χ4v) is 4.67. The van der Waals surface area contributed by atoms with Crippen molar-refractivity contribution in [2.45, 2.75) is 51.2 Å². The number of hydrogen-bond donors (Lipinski definition) is 1. The zero-order chi connectivity index (χ0) is 22.3. The van der Waals surface area contributed by atoms with Crippen LogP contribution in [0.4, 0.5) is 0 Å². The second kappa shape index (κ2) is 10.7. The summed E-state index contributed by atoms with van der Waals surface area (Å²) in [6, 6.07) is 26.1. The van der Waals surface area contributed by atoms with Crippen LogP contribution < -0.4 is 10.1 Å². The fraction of sp³-hybridized carbons (Fsp3) is 0.321. The third kappa shape index (κ3) is 5.72. The van der Waals surface area contributed by atoms with Crippen molar-refractivity contribution in [3.8, 4) is 5.75 Å². The maximum Gasteiger partial charge on any atom is 0.224 e. The molecule has 0 aromatic heterocycles. The van der Waals surface area contributed by atoms with Gasteiger partial charge in [-0.05, 0) is 66.6 Å². The molecule has 3 aromatic rings. The average Bonchev–Trinajstić information content (AvgIpc) is 2.84. The van der Waals surface area contributed by atoms with Crippen LogP contribution in [-0.2, 0) is 11.4 Å². The van der Waals surface area contributed by atoms with Gasteiger partial charge in [0.05, 0.1) is 6.04 Å². The molecular weight excluding hydrogens is 418 g/mol. The molecule has 166 valence electrons. The molecule has 0 bridgehead atoms. The van der Waals surface area contributed by atoms with Gasteiger partial charge in [-0.2, -0.15) is 0 Å². The van der Waals surface area contributed by atoms with Crippen LogP contribution in [0.2, 0.25) is 5.02 Å². The summed E-state index contributed by atoms with van der Waals surface area (Å²) in [6.07, 6.45) is 4.28. The summed E-state index contributed by atoms with van der Waals surface area (Å²) in [7, 11) is 0. The van der Waals surface area contributed by atoms with Crippen molar-refractivity contribution in [3.05, 3.63) is 101 Å². The van der Waals surface area contributed by atoms with Crippen molar-refractivity contribution in [3.63, 3.8) is 0 Å². The van der Waals surface area contributed by atoms with Gasteiger partial charge in [0.25, 0.3) is 0 Å². The van der Waals surface area contributed by atoms with Gasteiger partial charge < -0.3 is 10.1 Å². The van der Waals surface area contributed by atoms with Crippen molar-refractivity contribution in [2.24, 2.45) is 5.92 Å². The van der Waals surface area contributed by atoms with Gasteiger partial charge in [-0.15, -0.1) is 0 Å². The Labute approximate surface area is 195 Å². The number of benzene rings is 3. The Hall–Kier alpha value is -2.78. The number of rotatable bonds is 7. The SMILES string of the molecule is C[C@H](NC(=O)[C@H]1CCCC[C@@H]1c1ccc(COc2ccc(Cl)cc2)cc1)c1ccccc1. The normalized spacial score (nSPS) is 19.2. The fourth-order valence-electron chi connectivity index (χ4n) is 4.55. The lowest BCUT2D eigenvalue weighted by molar-refractivity contribution is -0.127. The first-order valence-electron chi connectivity index (χ1n) is 11.4. The Morgan fingerprint density at radius 3 is 2.38 bits per heavy atom. The summed E-state index contributed by atoms with van der Waals surface area (Å²) in [4.78, 5) is 13.2. The third-order valence-corrected chi connectivity index (χ3v) is 6.64. The summed E-state index contributed by atoms with van der Waals surface area (Å²) < 4.78 is 5.85. The molecule has 0 saturated heterocycles. The Balaban J connectivity index is 1.39. The van der Waals surface area contributed by atoms with Crippen LogP contribution in [0, 0.1) is 5.92 Å². The summed E-state index contributed by atoms with van der Waals surface area (Å²) in [5.41, 5.74) is 3.49. The maximum absolute atomic E-state index is 13.2. The van der Waals surface area contributed by atoms with E-state index >= 15 is 0 Å². The lowest BCUT2D eigenvalue weighted by atomic mass is 9.75. The van der Waals surface area contributed by atoms with Crippen molar-refractivity contribution in [2.75, 3.05) is 0 Å². The smallest absolute Gasteiger partial charge is 0.224 e. The monoisotopic (exact) mass is 447 g/mol. The first kappa shape index (κ1) is 22.4. The molecular formula is C28H30ClNO2. The quantitative estimate of drug-likeness (QED) is 0.420. The van der Waals surface area contributed by atoms with E-state index < -0.39 is 0 Å². The number of nitrogens with one attached hydrogen (secondary N) is 1. The minimum Gasteiger partial charge on any atom is -0.489 e. The highest BCUT2D eigenvalue weighted by atomic mass is 35.5. The number of amides is 1. The van der Waals surface area contributed by atoms with Gasteiger partial charge in [-0.25, -0.2) is 0 Å². The molecule has 0 aliphatic heterocycles. The van der Waals surface area contributed by atoms with Gasteiger partial charge in [0.1, 0.15) is 12.4 Å². The van der Waals surface area contributed by atoms with Crippen LogP contribution in [0.5, 0.6) is 5.75 Å². The van der Waals surface area contributed by atoms with Gasteiger partial charge in [-0.1, -0.05) is 79.0 Å². The van der Waals surface area contributed by atoms with Gasteiger partial charge in [0.15, 0.2) is 0 Å². The van der Waals surface area contributed by atoms with Crippen molar-refractivity contribution < 1.29 is 9.53 Å². The lowest BCUT2D eigenvalue weighted by Crippen LogP contribution is -2.37. The molecule has 1 amide bonds. The van der Waals surface area contributed by atoms with E-state index in [1.165, 1.54) is 12.0 Å². The molecule has 3 aromatic carbocycles. The number of ether oxygens (including phenoxy) is 1. The van der Waals surface area contributed by atoms with Gasteiger partial charge in [0, 0.05) is 10.9 Å². The van der Waals surface area contributed by atoms with Crippen LogP contribution in [0.3, 0.4) is 0 Å². The van der Waals surface area contributed by atoms with Crippen LogP contribution in [0.25, 0.3) is 0 Å². The highest BCUT2D eigenvalue weighted by Crippen LogP contribution is 2.38. The number of carbonyl (C=O) groups is 1. The topological polar surface area (TPSA) is 38.3 Å². The van der Waals surface area contributed by atoms with E-state index in [1.54, 1.807) is 0 Å². The van der Waals surface area contributed by atoms with Crippen molar-refractivity contribution >= 4 is 17.5 Å². The van der Waals surface area contributed by atoms with Gasteiger partial charge in [0.2, 0.25) is 5.91 Å². The zero-order valence-corrected chi connectivity index (χ0v) is 19.2. The summed E-state index contributed by atoms with van der Waals surface area (Å²) in [6.45, 7) is 2.56. The van der Waals surface area contributed by atoms with Crippen molar-refractivity contribution in [1.29, 1.82) is 0 Å². The van der Waals surface area contributed by atoms with Crippen LogP contribution in [0.1, 0.15) is 61.3 Å². The molecule has 1 aliphatic carbocycles. The van der Waals surface area contributed by atoms with E-state index in [0.29, 0.717) is 11.6 Å². The predicted molar refractivity (Wildman–Crippen MR) is 130 cm³/mol. The molecule has 3 atom stereocenters. The molecule has 0 spiro atoms. The Bertz CT molecular complexity index is 1000. The van der Waals surface area contributed by atoms with Gasteiger partial charge in [-0.3, -0.25) is 4.79 Å². The van der Waals surface area contributed by atoms with Crippen LogP contribution in [0.15, 0.2) is 78.9 Å². The third-order valence-electron chi connectivity index (χ3n) is 6.39. The molecule has 32 heavy (non-hydrogen) atoms. The molecule has 1 fully saturated rings. The van der Waals surface area contributed by atoms with Crippen LogP contribution >= 0.6 is 11.6 Å². The molecule has 1 N–H and O–H groups in total. The minimum absolute atomic E-state index is 0.0127. The number of halogens is 1. The number of hydrogen-bond acceptors (Lipinski definition) is 2. The first-order valence-corrected chi connectivity index (χ1v) is 11.8. The number of carbonyl (C=O) groups excluding carboxylic acids is 1. The second-order valence-electron chi connectivity index (χ2n) is 8.62. The lowest BCUT2D eigenvalue weighted by Gasteiger charge is -2.32. The van der Waals surface area contributed by atoms with Gasteiger partial charge >= 0.3 is 0 Å². The Kier molecular flexibility index (Phi) is 7.49. The molecule has 0 unspecified atom stereocenters. The predicted octanol–water partition coefficient (Wildman–Crippen LogP) is 7.07. The summed E-state index contributed by atoms with van der Waals surface area (Å²) in [5.74, 6) is 1.25. The average molecular weight is 448 g/mol. The zero-order valence-electron chi connectivity index (χ0n) is 18.5. The van der Waals surface area contributed by atoms with Crippen LogP contribution in [-0.4, -0.2) is 5.91 Å². The Morgan fingerprint density at radius 1 is 0.969 bits per heavy atom. The van der Waals surface area contributed by atoms with Crippen molar-refractivity contribution in [1.82, 2.24) is 5.32 Å². The molecule has 1 aliphatic rings. The van der Waals surface area contributed by atoms with E-state index in [2.05, 4.69) is 48.6 Å². The molecule has 0 radical (unpaired) electrons. The van der Waals surface area contributed by atoms with E-state index in [9.17, 15) is 4.79 Å². The molecule has 4 heteroatoms. The standard InChI is InChI=1S/C28H30ClNO2/c1-20(22-7-3-2-4-8-22)30-28(31)27-10-6-5-9-26(27)23-13-11-21(12-14-23)19-32-25-17-15-24(29)16-18-25/h2-4,7-8,11-18,20,26-27H,5-6,9-10,19H2,1H3,(H,30,31)/t20-,26+,27-/m0/s1. The summed E-state index contributed by atoms with van der Waals surface area (Å²) in [5, 5.41) is 3.95. The second-order valence-corrected chi connectivity index (χ2v) is 9.06. The largest absolute Gasteiger partial charge is 0.489 e. The minimum atomic E-state index is 0.0127. The maximum atomic E-state index is 13.2. The van der Waals surface area contributed by atoms with E-state index in [4.69, 9.17) is 16.3 Å². The molecule has 0 heterocycles. The molecule has 3 nitrogen and oxygen atoms in total. The highest BCUT2D eigenvalue weighted by Gasteiger charge is 2.32. The molecule has 1 saturated carbocycles. The highest BCUT2D eigenvalue weighted by molar-refractivity contribution is 6.30. The summed E-state index contributed by atoms with van der Waals surface area (Å²) >= 11 is 5.93. The van der Waals surface area contributed by atoms with E-state index in [-0.39, 0.29) is 23.8 Å². The van der Waals surface area contributed by atoms with E-state index in [1.807, 2.05) is 42.5 Å². The first-order chi connectivity index (χ1) is 15.6. The Morgan fingerprint density at radius 2 is 1.66 bits per heavy atom.